The maximum Gasteiger partial charge on any atom is 0.303 e. The van der Waals surface area contributed by atoms with Crippen LogP contribution in [0.5, 0.6) is 0 Å². The van der Waals surface area contributed by atoms with E-state index in [9.17, 15) is 4.79 Å². The van der Waals surface area contributed by atoms with Crippen molar-refractivity contribution in [3.05, 3.63) is 0 Å². The Balaban J connectivity index is 2.20. The van der Waals surface area contributed by atoms with E-state index < -0.39 is 0 Å². The van der Waals surface area contributed by atoms with Gasteiger partial charge in [-0.25, -0.2) is 0 Å². The fourth-order valence-electron chi connectivity index (χ4n) is 2.66. The molecule has 2 aliphatic rings. The highest BCUT2D eigenvalue weighted by Crippen LogP contribution is 2.59. The Labute approximate surface area is 106 Å². The third-order valence-corrected chi connectivity index (χ3v) is 7.00. The van der Waals surface area contributed by atoms with Gasteiger partial charge in [0.2, 0.25) is 0 Å². The molecule has 1 aliphatic carbocycles. The number of rotatable bonds is 1. The van der Waals surface area contributed by atoms with Crippen LogP contribution in [0.1, 0.15) is 40.0 Å². The highest BCUT2D eigenvalue weighted by Gasteiger charge is 2.56. The fraction of sp³-hybridized carbons (Fsp3) is 0.917. The summed E-state index contributed by atoms with van der Waals surface area (Å²) in [4.78, 5) is 11.3. The van der Waals surface area contributed by atoms with E-state index in [0.29, 0.717) is 0 Å². The van der Waals surface area contributed by atoms with Crippen molar-refractivity contribution in [2.45, 2.75) is 50.2 Å². The number of hydrogen-bond acceptors (Lipinski definition) is 4. The minimum atomic E-state index is -0.133. The van der Waals surface area contributed by atoms with Crippen molar-refractivity contribution in [1.82, 2.24) is 0 Å². The van der Waals surface area contributed by atoms with Gasteiger partial charge in [-0.1, -0.05) is 13.8 Å². The number of thioether (sulfide) groups is 2. The van der Waals surface area contributed by atoms with Gasteiger partial charge < -0.3 is 4.74 Å². The lowest BCUT2D eigenvalue weighted by atomic mass is 9.89. The average Bonchev–Trinajstić information content (AvgIpc) is 2.44. The zero-order valence-corrected chi connectivity index (χ0v) is 11.9. The first kappa shape index (κ1) is 12.6. The third kappa shape index (κ3) is 2.23. The van der Waals surface area contributed by atoms with Gasteiger partial charge in [0.25, 0.3) is 0 Å². The first-order valence-corrected chi connectivity index (χ1v) is 7.89. The van der Waals surface area contributed by atoms with Crippen LogP contribution >= 0.6 is 23.5 Å². The van der Waals surface area contributed by atoms with E-state index in [2.05, 4.69) is 13.8 Å². The van der Waals surface area contributed by atoms with E-state index in [1.165, 1.54) is 31.3 Å². The van der Waals surface area contributed by atoms with Crippen LogP contribution in [-0.2, 0) is 9.53 Å². The molecule has 0 aromatic carbocycles. The summed E-state index contributed by atoms with van der Waals surface area (Å²) in [7, 11) is 0. The van der Waals surface area contributed by atoms with Gasteiger partial charge in [-0.2, -0.15) is 0 Å². The zero-order chi connectivity index (χ0) is 11.8. The lowest BCUT2D eigenvalue weighted by Gasteiger charge is -2.40. The van der Waals surface area contributed by atoms with Crippen molar-refractivity contribution in [2.75, 3.05) is 11.5 Å². The van der Waals surface area contributed by atoms with Gasteiger partial charge in [-0.15, -0.1) is 23.5 Å². The van der Waals surface area contributed by atoms with Gasteiger partial charge in [0, 0.05) is 12.3 Å². The Hall–Kier alpha value is 0.170. The molecule has 1 atom stereocenters. The molecule has 0 amide bonds. The molecule has 0 N–H and O–H groups in total. The summed E-state index contributed by atoms with van der Waals surface area (Å²) in [5, 5.41) is 0. The number of hydrogen-bond donors (Lipinski definition) is 0. The topological polar surface area (TPSA) is 26.3 Å². The molecule has 92 valence electrons. The van der Waals surface area contributed by atoms with Crippen molar-refractivity contribution in [1.29, 1.82) is 0 Å². The summed E-state index contributed by atoms with van der Waals surface area (Å²) in [6, 6.07) is 0. The minimum absolute atomic E-state index is 0.0767. The second-order valence-corrected chi connectivity index (χ2v) is 8.45. The van der Waals surface area contributed by atoms with Gasteiger partial charge in [0.05, 0.1) is 4.08 Å². The molecular weight excluding hydrogens is 240 g/mol. The SMILES string of the molecule is CC(=O)OC1C(C)(C)CCC12SCCCS2. The molecule has 2 rings (SSSR count). The van der Waals surface area contributed by atoms with E-state index in [0.717, 1.165) is 6.42 Å². The molecule has 1 heterocycles. The highest BCUT2D eigenvalue weighted by molar-refractivity contribution is 8.18. The van der Waals surface area contributed by atoms with E-state index in [4.69, 9.17) is 4.74 Å². The summed E-state index contributed by atoms with van der Waals surface area (Å²) in [5.41, 5.74) is 0.128. The van der Waals surface area contributed by atoms with Crippen molar-refractivity contribution < 1.29 is 9.53 Å². The zero-order valence-electron chi connectivity index (χ0n) is 10.2. The molecular formula is C12H20O2S2. The Bertz CT molecular complexity index is 283. The van der Waals surface area contributed by atoms with E-state index >= 15 is 0 Å². The third-order valence-electron chi connectivity index (χ3n) is 3.49. The van der Waals surface area contributed by atoms with Gasteiger partial charge in [-0.3, -0.25) is 4.79 Å². The standard InChI is InChI=1S/C12H20O2S2/c1-9(13)14-10-11(2,3)5-6-12(10)15-7-4-8-16-12/h10H,4-8H2,1-3H3. The Morgan fingerprint density at radius 3 is 2.44 bits per heavy atom. The van der Waals surface area contributed by atoms with E-state index in [1.54, 1.807) is 0 Å². The summed E-state index contributed by atoms with van der Waals surface area (Å²) in [6.45, 7) is 5.98. The molecule has 2 nitrogen and oxygen atoms in total. The monoisotopic (exact) mass is 260 g/mol. The minimum Gasteiger partial charge on any atom is -0.460 e. The molecule has 0 bridgehead atoms. The number of carbonyl (C=O) groups excluding carboxylic acids is 1. The summed E-state index contributed by atoms with van der Waals surface area (Å²) >= 11 is 4.02. The maximum absolute atomic E-state index is 11.3. The second kappa shape index (κ2) is 4.45. The average molecular weight is 260 g/mol. The predicted octanol–water partition coefficient (Wildman–Crippen LogP) is 3.30. The first-order valence-electron chi connectivity index (χ1n) is 5.91. The molecule has 1 unspecified atom stereocenters. The van der Waals surface area contributed by atoms with E-state index in [1.807, 2.05) is 23.5 Å². The smallest absolute Gasteiger partial charge is 0.303 e. The van der Waals surface area contributed by atoms with Crippen LogP contribution in [0.2, 0.25) is 0 Å². The molecule has 1 spiro atoms. The Morgan fingerprint density at radius 2 is 1.88 bits per heavy atom. The normalized spacial score (nSPS) is 31.6. The predicted molar refractivity (Wildman–Crippen MR) is 70.8 cm³/mol. The number of ether oxygens (including phenoxy) is 1. The first-order chi connectivity index (χ1) is 7.46. The van der Waals surface area contributed by atoms with Gasteiger partial charge >= 0.3 is 5.97 Å². The van der Waals surface area contributed by atoms with Crippen LogP contribution in [0.4, 0.5) is 0 Å². The molecule has 0 aromatic heterocycles. The molecule has 1 saturated carbocycles. The largest absolute Gasteiger partial charge is 0.460 e. The van der Waals surface area contributed by atoms with Crippen LogP contribution < -0.4 is 0 Å². The molecule has 4 heteroatoms. The summed E-state index contributed by atoms with van der Waals surface area (Å²) < 4.78 is 5.79. The van der Waals surface area contributed by atoms with Crippen LogP contribution in [-0.4, -0.2) is 27.7 Å². The van der Waals surface area contributed by atoms with Crippen molar-refractivity contribution in [3.63, 3.8) is 0 Å². The van der Waals surface area contributed by atoms with Crippen LogP contribution in [0, 0.1) is 5.41 Å². The fourth-order valence-corrected chi connectivity index (χ4v) is 6.47. The summed E-state index contributed by atoms with van der Waals surface area (Å²) in [6.07, 6.45) is 3.69. The summed E-state index contributed by atoms with van der Waals surface area (Å²) in [5.74, 6) is 2.29. The number of carbonyl (C=O) groups is 1. The van der Waals surface area contributed by atoms with Crippen molar-refractivity contribution in [3.8, 4) is 0 Å². The number of esters is 1. The maximum atomic E-state index is 11.3. The van der Waals surface area contributed by atoms with Crippen LogP contribution in [0.3, 0.4) is 0 Å². The quantitative estimate of drug-likeness (QED) is 0.676. The van der Waals surface area contributed by atoms with Crippen LogP contribution in [0.25, 0.3) is 0 Å². The molecule has 0 radical (unpaired) electrons. The van der Waals surface area contributed by atoms with Gasteiger partial charge in [0.15, 0.2) is 0 Å². The molecule has 1 saturated heterocycles. The highest BCUT2D eigenvalue weighted by atomic mass is 32.2. The second-order valence-electron chi connectivity index (χ2n) is 5.34. The van der Waals surface area contributed by atoms with Gasteiger partial charge in [0.1, 0.15) is 6.10 Å². The Morgan fingerprint density at radius 1 is 1.25 bits per heavy atom. The van der Waals surface area contributed by atoms with E-state index in [-0.39, 0.29) is 21.6 Å². The van der Waals surface area contributed by atoms with Crippen molar-refractivity contribution in [2.24, 2.45) is 5.41 Å². The molecule has 16 heavy (non-hydrogen) atoms. The molecule has 2 fully saturated rings. The Kier molecular flexibility index (Phi) is 3.51. The lowest BCUT2D eigenvalue weighted by Crippen LogP contribution is -2.43. The van der Waals surface area contributed by atoms with Gasteiger partial charge in [-0.05, 0) is 30.8 Å². The van der Waals surface area contributed by atoms with Crippen molar-refractivity contribution >= 4 is 29.5 Å². The molecule has 1 aliphatic heterocycles. The molecule has 0 aromatic rings. The lowest BCUT2D eigenvalue weighted by molar-refractivity contribution is -0.150. The van der Waals surface area contributed by atoms with Crippen LogP contribution in [0.15, 0.2) is 0 Å².